The van der Waals surface area contributed by atoms with Gasteiger partial charge in [0.2, 0.25) is 0 Å². The fourth-order valence-corrected chi connectivity index (χ4v) is 8.66. The molecule has 3 saturated heterocycles. The predicted octanol–water partition coefficient (Wildman–Crippen LogP) is 5.05. The first-order chi connectivity index (χ1) is 22.6. The van der Waals surface area contributed by atoms with Crippen molar-refractivity contribution in [2.24, 2.45) is 29.1 Å². The number of likely N-dealkylation sites (N-methyl/N-ethyl adjacent to an activating group) is 1. The molecule has 4 rings (SSSR count). The molecule has 0 aromatic heterocycles. The van der Waals surface area contributed by atoms with Crippen LogP contribution in [0.25, 0.3) is 0 Å². The highest BCUT2D eigenvalue weighted by Crippen LogP contribution is 2.48. The van der Waals surface area contributed by atoms with Gasteiger partial charge >= 0.3 is 5.97 Å². The fourth-order valence-electron chi connectivity index (χ4n) is 8.66. The lowest BCUT2D eigenvalue weighted by atomic mass is 9.75. The van der Waals surface area contributed by atoms with Crippen molar-refractivity contribution in [3.63, 3.8) is 0 Å². The number of methoxy groups -OCH3 is 1. The van der Waals surface area contributed by atoms with Crippen LogP contribution in [0.2, 0.25) is 0 Å². The number of ether oxygens (including phenoxy) is 7. The quantitative estimate of drug-likeness (QED) is 0.362. The Morgan fingerprint density at radius 2 is 1.55 bits per heavy atom. The molecule has 11 nitrogen and oxygen atoms in total. The van der Waals surface area contributed by atoms with Gasteiger partial charge in [0.1, 0.15) is 29.7 Å². The first kappa shape index (κ1) is 40.5. The highest BCUT2D eigenvalue weighted by molar-refractivity contribution is 5.73. The molecule has 0 saturated carbocycles. The average Bonchev–Trinajstić information content (AvgIpc) is 3.34. The van der Waals surface area contributed by atoms with E-state index in [9.17, 15) is 15.0 Å². The topological polar surface area (TPSA) is 125 Å². The first-order valence-electron chi connectivity index (χ1n) is 18.4. The lowest BCUT2D eigenvalue weighted by molar-refractivity contribution is -0.312. The SMILES string of the molecule is COC1(C)CC(OC2[C@H](C)C(OC3O[C@H](C)CC(N(C)C)C3O)C3(C)CC(C)=C(O3)[C@H](C)C(O)C(C)(C)C(C)OC(=O)[C@@H]2C)O[C@@H](C)C1C. The van der Waals surface area contributed by atoms with Crippen LogP contribution >= 0.6 is 0 Å². The Morgan fingerprint density at radius 3 is 2.14 bits per heavy atom. The molecule has 3 fully saturated rings. The second kappa shape index (κ2) is 15.0. The molecule has 2 N–H and O–H groups in total. The van der Waals surface area contributed by atoms with Crippen LogP contribution in [-0.4, -0.2) is 115 Å². The van der Waals surface area contributed by atoms with Gasteiger partial charge < -0.3 is 48.3 Å². The van der Waals surface area contributed by atoms with Crippen LogP contribution in [0, 0.1) is 29.1 Å². The van der Waals surface area contributed by atoms with Gasteiger partial charge in [-0.3, -0.25) is 4.79 Å². The Labute approximate surface area is 295 Å². The second-order valence-corrected chi connectivity index (χ2v) is 17.0. The van der Waals surface area contributed by atoms with Crippen molar-refractivity contribution < 1.29 is 48.2 Å². The van der Waals surface area contributed by atoms with Crippen LogP contribution in [0.3, 0.4) is 0 Å². The molecule has 0 aromatic carbocycles. The van der Waals surface area contributed by atoms with E-state index in [4.69, 9.17) is 33.2 Å². The van der Waals surface area contributed by atoms with E-state index in [1.807, 2.05) is 88.2 Å². The molecule has 4 aliphatic heterocycles. The zero-order valence-electron chi connectivity index (χ0n) is 32.8. The molecular formula is C38H67NO10. The predicted molar refractivity (Wildman–Crippen MR) is 185 cm³/mol. The molecule has 2 bridgehead atoms. The Morgan fingerprint density at radius 1 is 0.918 bits per heavy atom. The number of esters is 1. The van der Waals surface area contributed by atoms with Gasteiger partial charge in [-0.2, -0.15) is 0 Å². The maximum atomic E-state index is 14.1. The van der Waals surface area contributed by atoms with Crippen molar-refractivity contribution in [2.75, 3.05) is 21.2 Å². The third kappa shape index (κ3) is 7.89. The van der Waals surface area contributed by atoms with Gasteiger partial charge in [0.05, 0.1) is 35.9 Å². The van der Waals surface area contributed by atoms with Crippen molar-refractivity contribution in [3.05, 3.63) is 11.3 Å². The smallest absolute Gasteiger partial charge is 0.311 e. The van der Waals surface area contributed by atoms with Crippen molar-refractivity contribution in [2.45, 2.75) is 175 Å². The van der Waals surface area contributed by atoms with Crippen LogP contribution in [0.4, 0.5) is 0 Å². The standard InChI is InChI=1S/C38H67NO10/c1-19-17-38(12)33(48-35-29(40)27(39(13)14)16-20(2)44-35)22(4)31(47-28-18-37(11,43-15)24(6)25(7)45-28)23(5)34(42)46-26(8)36(9,10)32(41)21(3)30(19)49-38/h20-29,31-33,35,40-41H,16-18H2,1-15H3/t20-,21+,22+,23-,24?,25+,26?,27?,28?,29?,31?,32?,33?,35?,37?,38?/m1/s1. The van der Waals surface area contributed by atoms with E-state index in [0.29, 0.717) is 25.0 Å². The maximum Gasteiger partial charge on any atom is 0.311 e. The minimum atomic E-state index is -0.961. The molecule has 0 aliphatic carbocycles. The Bertz CT molecular complexity index is 1190. The van der Waals surface area contributed by atoms with E-state index >= 15 is 0 Å². The number of nitrogens with zero attached hydrogens (tertiary/aromatic N) is 1. The number of carbonyl (C=O) groups excluding carboxylic acids is 1. The summed E-state index contributed by atoms with van der Waals surface area (Å²) in [6, 6.07) is -0.183. The van der Waals surface area contributed by atoms with Gasteiger partial charge in [0.15, 0.2) is 12.6 Å². The summed E-state index contributed by atoms with van der Waals surface area (Å²) in [4.78, 5) is 16.1. The van der Waals surface area contributed by atoms with Crippen molar-refractivity contribution in [1.29, 1.82) is 0 Å². The van der Waals surface area contributed by atoms with Crippen LogP contribution in [0.1, 0.15) is 102 Å². The van der Waals surface area contributed by atoms with Gasteiger partial charge in [-0.15, -0.1) is 0 Å². The molecule has 49 heavy (non-hydrogen) atoms. The number of hydrogen-bond donors (Lipinski definition) is 2. The van der Waals surface area contributed by atoms with Gasteiger partial charge in [-0.25, -0.2) is 0 Å². The van der Waals surface area contributed by atoms with E-state index < -0.39 is 77.5 Å². The molecule has 11 heteroatoms. The number of hydrogen-bond acceptors (Lipinski definition) is 11. The summed E-state index contributed by atoms with van der Waals surface area (Å²) in [5, 5.41) is 23.4. The number of aliphatic hydroxyl groups excluding tert-OH is 2. The Kier molecular flexibility index (Phi) is 12.4. The first-order valence-corrected chi connectivity index (χ1v) is 18.4. The molecule has 0 spiro atoms. The molecule has 11 unspecified atom stereocenters. The highest BCUT2D eigenvalue weighted by Gasteiger charge is 2.55. The van der Waals surface area contributed by atoms with Gasteiger partial charge in [0, 0.05) is 49.2 Å². The third-order valence-electron chi connectivity index (χ3n) is 12.8. The molecule has 4 heterocycles. The van der Waals surface area contributed by atoms with Crippen LogP contribution in [0.15, 0.2) is 11.3 Å². The van der Waals surface area contributed by atoms with Gasteiger partial charge in [-0.1, -0.05) is 34.6 Å². The van der Waals surface area contributed by atoms with Crippen LogP contribution in [-0.2, 0) is 38.0 Å². The maximum absolute atomic E-state index is 14.1. The minimum absolute atomic E-state index is 0.111. The summed E-state index contributed by atoms with van der Waals surface area (Å²) >= 11 is 0. The number of aliphatic hydroxyl groups is 2. The Hall–Kier alpha value is -1.31. The molecule has 0 aromatic rings. The summed E-state index contributed by atoms with van der Waals surface area (Å²) in [6.07, 6.45) is -4.23. The molecule has 4 aliphatic rings. The fraction of sp³-hybridized carbons (Fsp3) is 0.921. The summed E-state index contributed by atoms with van der Waals surface area (Å²) in [5.41, 5.74) is -1.24. The van der Waals surface area contributed by atoms with Crippen molar-refractivity contribution >= 4 is 5.97 Å². The van der Waals surface area contributed by atoms with Gasteiger partial charge in [0.25, 0.3) is 0 Å². The number of cyclic esters (lactones) is 1. The second-order valence-electron chi connectivity index (χ2n) is 17.0. The average molecular weight is 698 g/mol. The number of carbonyl (C=O) groups is 1. The minimum Gasteiger partial charge on any atom is -0.489 e. The third-order valence-corrected chi connectivity index (χ3v) is 12.8. The normalized spacial score (nSPS) is 48.3. The molecule has 284 valence electrons. The van der Waals surface area contributed by atoms with Crippen LogP contribution < -0.4 is 0 Å². The molecule has 0 radical (unpaired) electrons. The zero-order chi connectivity index (χ0) is 37.0. The van der Waals surface area contributed by atoms with Crippen molar-refractivity contribution in [1.82, 2.24) is 4.90 Å². The van der Waals surface area contributed by atoms with E-state index in [2.05, 4.69) is 13.8 Å². The monoisotopic (exact) mass is 697 g/mol. The van der Waals surface area contributed by atoms with E-state index in [-0.39, 0.29) is 30.1 Å². The van der Waals surface area contributed by atoms with Crippen LogP contribution in [0.5, 0.6) is 0 Å². The number of fused-ring (bicyclic) bond motifs is 2. The molecular weight excluding hydrogens is 630 g/mol. The summed E-state index contributed by atoms with van der Waals surface area (Å²) in [7, 11) is 5.59. The van der Waals surface area contributed by atoms with Gasteiger partial charge in [-0.05, 0) is 74.6 Å². The molecule has 16 atom stereocenters. The largest absolute Gasteiger partial charge is 0.489 e. The lowest BCUT2D eigenvalue weighted by Crippen LogP contribution is -2.59. The number of rotatable bonds is 6. The van der Waals surface area contributed by atoms with E-state index in [0.717, 1.165) is 5.57 Å². The summed E-state index contributed by atoms with van der Waals surface area (Å²) in [6.45, 7) is 23.6. The lowest BCUT2D eigenvalue weighted by Gasteiger charge is -2.49. The van der Waals surface area contributed by atoms with E-state index in [1.54, 1.807) is 7.11 Å². The highest BCUT2D eigenvalue weighted by atomic mass is 16.7. The summed E-state index contributed by atoms with van der Waals surface area (Å²) < 4.78 is 45.7. The summed E-state index contributed by atoms with van der Waals surface area (Å²) in [5.74, 6) is -1.26. The Balaban J connectivity index is 1.82. The van der Waals surface area contributed by atoms with E-state index in [1.165, 1.54) is 0 Å². The molecule has 0 amide bonds. The zero-order valence-corrected chi connectivity index (χ0v) is 32.8. The van der Waals surface area contributed by atoms with Crippen molar-refractivity contribution in [3.8, 4) is 0 Å².